The van der Waals surface area contributed by atoms with Crippen molar-refractivity contribution in [1.82, 2.24) is 0 Å². The molecular formula is C30H52O8Si2. The van der Waals surface area contributed by atoms with Crippen LogP contribution in [0.25, 0.3) is 0 Å². The van der Waals surface area contributed by atoms with Crippen molar-refractivity contribution in [2.45, 2.75) is 115 Å². The Morgan fingerprint density at radius 3 is 2.08 bits per heavy atom. The van der Waals surface area contributed by atoms with Gasteiger partial charge in [-0.1, -0.05) is 71.9 Å². The minimum Gasteiger partial charge on any atom is -0.467 e. The fourth-order valence-electron chi connectivity index (χ4n) is 4.60. The van der Waals surface area contributed by atoms with Crippen LogP contribution in [0.2, 0.25) is 36.3 Å². The van der Waals surface area contributed by atoms with Crippen LogP contribution in [0, 0.1) is 5.41 Å². The van der Waals surface area contributed by atoms with Crippen molar-refractivity contribution in [2.24, 2.45) is 5.41 Å². The number of ether oxygens (including phenoxy) is 3. The van der Waals surface area contributed by atoms with Crippen molar-refractivity contribution >= 4 is 28.9 Å². The molecule has 1 saturated carbocycles. The summed E-state index contributed by atoms with van der Waals surface area (Å²) in [6.07, 6.45) is -0.825. The van der Waals surface area contributed by atoms with Crippen molar-refractivity contribution in [2.75, 3.05) is 20.5 Å². The molecule has 0 unspecified atom stereocenters. The Bertz CT molecular complexity index is 986. The van der Waals surface area contributed by atoms with E-state index < -0.39 is 52.4 Å². The highest BCUT2D eigenvalue weighted by molar-refractivity contribution is 6.74. The average molecular weight is 597 g/mol. The molecule has 1 aliphatic rings. The first-order valence-corrected chi connectivity index (χ1v) is 19.9. The van der Waals surface area contributed by atoms with Crippen LogP contribution in [0.4, 0.5) is 0 Å². The molecule has 1 fully saturated rings. The van der Waals surface area contributed by atoms with E-state index in [1.54, 1.807) is 0 Å². The second-order valence-corrected chi connectivity index (χ2v) is 23.7. The van der Waals surface area contributed by atoms with Gasteiger partial charge in [0.1, 0.15) is 13.1 Å². The lowest BCUT2D eigenvalue weighted by Crippen LogP contribution is -2.67. The van der Waals surface area contributed by atoms with Crippen molar-refractivity contribution < 1.29 is 37.8 Å². The average Bonchev–Trinajstić information content (AvgIpc) is 2.86. The molecule has 0 bridgehead atoms. The van der Waals surface area contributed by atoms with Crippen LogP contribution in [-0.4, -0.2) is 72.3 Å². The van der Waals surface area contributed by atoms with E-state index in [0.717, 1.165) is 11.8 Å². The van der Waals surface area contributed by atoms with Gasteiger partial charge in [-0.25, -0.2) is 4.79 Å². The Kier molecular flexibility index (Phi) is 11.2. The molecular weight excluding hydrogens is 544 g/mol. The number of hydrogen-bond donors (Lipinski definition) is 1. The maximum Gasteiger partial charge on any atom is 0.337 e. The lowest BCUT2D eigenvalue weighted by atomic mass is 9.65. The van der Waals surface area contributed by atoms with Crippen LogP contribution in [0.15, 0.2) is 30.3 Å². The largest absolute Gasteiger partial charge is 0.467 e. The predicted octanol–water partition coefficient (Wildman–Crippen LogP) is 5.84. The van der Waals surface area contributed by atoms with Crippen LogP contribution in [-0.2, 0) is 39.3 Å². The van der Waals surface area contributed by atoms with E-state index in [-0.39, 0.29) is 29.7 Å². The molecule has 40 heavy (non-hydrogen) atoms. The molecule has 0 aliphatic heterocycles. The van der Waals surface area contributed by atoms with Gasteiger partial charge in [0.15, 0.2) is 22.2 Å². The number of aliphatic hydroxyl groups is 1. The molecule has 0 amide bonds. The SMILES string of the molecule is COC(=O)[C@@]1(O[Si](C)(C)C(C)(C)C)C[C@@H](OCOCc2ccccc2)[C@H](O[Si](C)(C)C(C)(C)C)[C@](C=O)(CO)C1. The van der Waals surface area contributed by atoms with Gasteiger partial charge in [0, 0.05) is 12.8 Å². The summed E-state index contributed by atoms with van der Waals surface area (Å²) < 4.78 is 31.1. The van der Waals surface area contributed by atoms with E-state index in [2.05, 4.69) is 67.7 Å². The summed E-state index contributed by atoms with van der Waals surface area (Å²) >= 11 is 0. The molecule has 4 atom stereocenters. The zero-order valence-electron chi connectivity index (χ0n) is 26.5. The Labute approximate surface area is 243 Å². The summed E-state index contributed by atoms with van der Waals surface area (Å²) in [5, 5.41) is 10.4. The lowest BCUT2D eigenvalue weighted by Gasteiger charge is -2.55. The Morgan fingerprint density at radius 2 is 1.60 bits per heavy atom. The molecule has 0 spiro atoms. The van der Waals surface area contributed by atoms with Crippen LogP contribution in [0.3, 0.4) is 0 Å². The van der Waals surface area contributed by atoms with Crippen LogP contribution < -0.4 is 0 Å². The number of rotatable bonds is 12. The molecule has 1 aromatic carbocycles. The van der Waals surface area contributed by atoms with Gasteiger partial charge in [-0.05, 0) is 41.8 Å². The van der Waals surface area contributed by atoms with Gasteiger partial charge in [0.25, 0.3) is 0 Å². The first-order chi connectivity index (χ1) is 18.3. The number of benzene rings is 1. The van der Waals surface area contributed by atoms with Gasteiger partial charge in [0.05, 0.1) is 37.9 Å². The summed E-state index contributed by atoms with van der Waals surface area (Å²) in [4.78, 5) is 26.6. The Morgan fingerprint density at radius 1 is 1.02 bits per heavy atom. The highest BCUT2D eigenvalue weighted by Gasteiger charge is 2.63. The highest BCUT2D eigenvalue weighted by Crippen LogP contribution is 2.51. The first kappa shape index (κ1) is 34.8. The third kappa shape index (κ3) is 7.70. The number of carbonyl (C=O) groups excluding carboxylic acids is 2. The van der Waals surface area contributed by atoms with Crippen LogP contribution in [0.5, 0.6) is 0 Å². The molecule has 0 radical (unpaired) electrons. The number of hydrogen-bond acceptors (Lipinski definition) is 8. The van der Waals surface area contributed by atoms with E-state index in [0.29, 0.717) is 6.61 Å². The molecule has 8 nitrogen and oxygen atoms in total. The topological polar surface area (TPSA) is 101 Å². The quantitative estimate of drug-likeness (QED) is 0.106. The predicted molar refractivity (Wildman–Crippen MR) is 161 cm³/mol. The molecule has 10 heteroatoms. The van der Waals surface area contributed by atoms with Crippen molar-refractivity contribution in [3.63, 3.8) is 0 Å². The zero-order valence-corrected chi connectivity index (χ0v) is 28.5. The minimum absolute atomic E-state index is 0.0663. The zero-order chi connectivity index (χ0) is 30.6. The standard InChI is InChI=1S/C30H52O8Si2/c1-27(2,3)39(8,9)37-25-24(36-22-35-18-23-15-13-12-14-16-23)17-30(26(33)34-7,19-29(25,20-31)21-32)38-40(10,11)28(4,5)6/h12-16,20,24-25,32H,17-19,21-22H2,1-11H3/t24-,25+,29-,30-/m1/s1. The fourth-order valence-corrected chi connectivity index (χ4v) is 7.50. The normalized spacial score (nSPS) is 26.4. The number of carbonyl (C=O) groups is 2. The first-order valence-electron chi connectivity index (χ1n) is 14.1. The van der Waals surface area contributed by atoms with Gasteiger partial charge >= 0.3 is 5.97 Å². The van der Waals surface area contributed by atoms with E-state index in [1.165, 1.54) is 7.11 Å². The number of aldehydes is 1. The summed E-state index contributed by atoms with van der Waals surface area (Å²) in [6, 6.07) is 9.73. The Hall–Kier alpha value is -1.41. The smallest absolute Gasteiger partial charge is 0.337 e. The monoisotopic (exact) mass is 596 g/mol. The van der Waals surface area contributed by atoms with E-state index in [4.69, 9.17) is 23.1 Å². The highest BCUT2D eigenvalue weighted by atomic mass is 28.4. The van der Waals surface area contributed by atoms with Crippen LogP contribution >= 0.6 is 0 Å². The van der Waals surface area contributed by atoms with E-state index in [1.807, 2.05) is 30.3 Å². The minimum atomic E-state index is -2.56. The molecule has 0 saturated heterocycles. The molecule has 0 aromatic heterocycles. The summed E-state index contributed by atoms with van der Waals surface area (Å²) in [6.45, 7) is 20.6. The molecule has 2 rings (SSSR count). The maximum absolute atomic E-state index is 13.6. The Balaban J connectivity index is 2.56. The summed E-state index contributed by atoms with van der Waals surface area (Å²) in [5.74, 6) is -0.582. The van der Waals surface area contributed by atoms with Crippen LogP contribution in [0.1, 0.15) is 59.9 Å². The van der Waals surface area contributed by atoms with E-state index >= 15 is 0 Å². The molecule has 0 heterocycles. The number of methoxy groups -OCH3 is 1. The van der Waals surface area contributed by atoms with Crippen molar-refractivity contribution in [1.29, 1.82) is 0 Å². The third-order valence-corrected chi connectivity index (χ3v) is 18.1. The molecule has 228 valence electrons. The third-order valence-electron chi connectivity index (χ3n) is 9.10. The van der Waals surface area contributed by atoms with Gasteiger partial charge in [-0.3, -0.25) is 0 Å². The summed E-state index contributed by atoms with van der Waals surface area (Å²) in [7, 11) is -3.70. The van der Waals surface area contributed by atoms with Gasteiger partial charge < -0.3 is 33.0 Å². The maximum atomic E-state index is 13.6. The molecule has 1 aromatic rings. The number of esters is 1. The van der Waals surface area contributed by atoms with Gasteiger partial charge in [-0.15, -0.1) is 0 Å². The fraction of sp³-hybridized carbons (Fsp3) is 0.733. The van der Waals surface area contributed by atoms with Gasteiger partial charge in [0.2, 0.25) is 0 Å². The lowest BCUT2D eigenvalue weighted by molar-refractivity contribution is -0.215. The second kappa shape index (κ2) is 12.8. The summed E-state index contributed by atoms with van der Waals surface area (Å²) in [5.41, 5.74) is -1.96. The molecule has 1 aliphatic carbocycles. The number of aliphatic hydroxyl groups excluding tert-OH is 1. The molecule has 1 N–H and O–H groups in total. The van der Waals surface area contributed by atoms with E-state index in [9.17, 15) is 14.7 Å². The van der Waals surface area contributed by atoms with Gasteiger partial charge in [-0.2, -0.15) is 0 Å². The van der Waals surface area contributed by atoms with Crippen molar-refractivity contribution in [3.8, 4) is 0 Å². The second-order valence-electron chi connectivity index (χ2n) is 14.2. The van der Waals surface area contributed by atoms with Crippen molar-refractivity contribution in [3.05, 3.63) is 35.9 Å².